The Kier molecular flexibility index (Phi) is 5.96. The number of halogens is 1. The molecule has 2 heterocycles. The molecule has 6 nitrogen and oxygen atoms in total. The van der Waals surface area contributed by atoms with Crippen molar-refractivity contribution in [3.63, 3.8) is 0 Å². The lowest BCUT2D eigenvalue weighted by molar-refractivity contribution is 0.593. The third-order valence-corrected chi connectivity index (χ3v) is 8.90. The number of benzene rings is 3. The largest absolute Gasteiger partial charge is 0.273 e. The standard InChI is InChI=1S/C23H17ClN4O2S3/c1-15-10-12-17(13-11-15)33(29,30)14-20-26-27-22(28(20)16-6-3-2-4-7-16)32-23-25-21-18(24)8-5-9-19(21)31-23/h2-13H,14H2,1H3. The van der Waals surface area contributed by atoms with Crippen LogP contribution in [-0.4, -0.2) is 28.2 Å². The third kappa shape index (κ3) is 4.54. The van der Waals surface area contributed by atoms with Crippen LogP contribution in [0.5, 0.6) is 0 Å². The van der Waals surface area contributed by atoms with Crippen molar-refractivity contribution in [3.05, 3.63) is 89.2 Å². The molecule has 0 N–H and O–H groups in total. The quantitative estimate of drug-likeness (QED) is 0.279. The fourth-order valence-electron chi connectivity index (χ4n) is 3.31. The molecule has 0 unspecified atom stereocenters. The van der Waals surface area contributed by atoms with E-state index in [1.165, 1.54) is 23.1 Å². The van der Waals surface area contributed by atoms with Crippen molar-refractivity contribution < 1.29 is 8.42 Å². The summed E-state index contributed by atoms with van der Waals surface area (Å²) >= 11 is 9.11. The molecule has 5 aromatic rings. The van der Waals surface area contributed by atoms with Crippen molar-refractivity contribution in [2.24, 2.45) is 0 Å². The first kappa shape index (κ1) is 22.1. The molecule has 0 atom stereocenters. The number of hydrogen-bond donors (Lipinski definition) is 0. The van der Waals surface area contributed by atoms with E-state index in [2.05, 4.69) is 15.2 Å². The Morgan fingerprint density at radius 1 is 0.970 bits per heavy atom. The van der Waals surface area contributed by atoms with Gasteiger partial charge in [0.1, 0.15) is 11.3 Å². The van der Waals surface area contributed by atoms with E-state index in [1.807, 2.05) is 49.4 Å². The average molecular weight is 513 g/mol. The summed E-state index contributed by atoms with van der Waals surface area (Å²) < 4.78 is 29.7. The molecule has 2 aromatic heterocycles. The minimum atomic E-state index is -3.61. The van der Waals surface area contributed by atoms with Gasteiger partial charge in [-0.1, -0.05) is 53.6 Å². The van der Waals surface area contributed by atoms with Crippen molar-refractivity contribution in [3.8, 4) is 5.69 Å². The maximum absolute atomic E-state index is 13.1. The molecule has 0 saturated heterocycles. The van der Waals surface area contributed by atoms with Crippen molar-refractivity contribution in [1.82, 2.24) is 19.7 Å². The highest BCUT2D eigenvalue weighted by atomic mass is 35.5. The zero-order valence-electron chi connectivity index (χ0n) is 17.3. The summed E-state index contributed by atoms with van der Waals surface area (Å²) in [6.45, 7) is 1.92. The molecular weight excluding hydrogens is 496 g/mol. The normalized spacial score (nSPS) is 11.8. The van der Waals surface area contributed by atoms with Crippen molar-refractivity contribution in [2.45, 2.75) is 27.1 Å². The average Bonchev–Trinajstić information content (AvgIpc) is 3.39. The molecule has 0 bridgehead atoms. The van der Waals surface area contributed by atoms with Crippen LogP contribution in [0.2, 0.25) is 5.02 Å². The van der Waals surface area contributed by atoms with E-state index in [-0.39, 0.29) is 10.6 Å². The van der Waals surface area contributed by atoms with Crippen molar-refractivity contribution >= 4 is 54.8 Å². The van der Waals surface area contributed by atoms with Crippen LogP contribution in [0.25, 0.3) is 15.9 Å². The van der Waals surface area contributed by atoms with Gasteiger partial charge < -0.3 is 0 Å². The summed E-state index contributed by atoms with van der Waals surface area (Å²) in [5.74, 6) is 0.0629. The number of hydrogen-bond acceptors (Lipinski definition) is 7. The second-order valence-corrected chi connectivity index (χ2v) is 12.0. The Balaban J connectivity index is 1.55. The van der Waals surface area contributed by atoms with E-state index >= 15 is 0 Å². The fraction of sp³-hybridized carbons (Fsp3) is 0.0870. The molecule has 10 heteroatoms. The number of sulfone groups is 1. The zero-order chi connectivity index (χ0) is 23.0. The number of para-hydroxylation sites is 2. The van der Waals surface area contributed by atoms with Gasteiger partial charge in [-0.25, -0.2) is 13.4 Å². The number of rotatable bonds is 6. The maximum atomic E-state index is 13.1. The van der Waals surface area contributed by atoms with E-state index in [0.717, 1.165) is 25.8 Å². The highest BCUT2D eigenvalue weighted by molar-refractivity contribution is 8.01. The van der Waals surface area contributed by atoms with Gasteiger partial charge >= 0.3 is 0 Å². The third-order valence-electron chi connectivity index (χ3n) is 4.94. The van der Waals surface area contributed by atoms with Crippen LogP contribution in [0.3, 0.4) is 0 Å². The highest BCUT2D eigenvalue weighted by Crippen LogP contribution is 2.37. The van der Waals surface area contributed by atoms with Crippen molar-refractivity contribution in [1.29, 1.82) is 0 Å². The summed E-state index contributed by atoms with van der Waals surface area (Å²) in [4.78, 5) is 4.89. The van der Waals surface area contributed by atoms with Crippen LogP contribution in [0.4, 0.5) is 0 Å². The molecule has 3 aromatic carbocycles. The number of thiazole rings is 1. The van der Waals surface area contributed by atoms with E-state index < -0.39 is 9.84 Å². The van der Waals surface area contributed by atoms with Crippen molar-refractivity contribution in [2.75, 3.05) is 0 Å². The molecule has 0 aliphatic rings. The van der Waals surface area contributed by atoms with Crippen LogP contribution in [-0.2, 0) is 15.6 Å². The summed E-state index contributed by atoms with van der Waals surface area (Å²) in [5.41, 5.74) is 2.51. The molecule has 5 rings (SSSR count). The lowest BCUT2D eigenvalue weighted by Gasteiger charge is -2.10. The predicted octanol–water partition coefficient (Wildman–Crippen LogP) is 5.96. The van der Waals surface area contributed by atoms with Gasteiger partial charge in [-0.3, -0.25) is 4.57 Å². The van der Waals surface area contributed by atoms with Gasteiger partial charge in [0.15, 0.2) is 20.0 Å². The van der Waals surface area contributed by atoms with Crippen LogP contribution < -0.4 is 0 Å². The monoisotopic (exact) mass is 512 g/mol. The molecule has 0 saturated carbocycles. The molecule has 0 aliphatic heterocycles. The predicted molar refractivity (Wildman–Crippen MR) is 132 cm³/mol. The highest BCUT2D eigenvalue weighted by Gasteiger charge is 2.23. The van der Waals surface area contributed by atoms with Crippen LogP contribution >= 0.6 is 34.7 Å². The molecular formula is C23H17ClN4O2S3. The molecule has 0 amide bonds. The van der Waals surface area contributed by atoms with Crippen LogP contribution in [0, 0.1) is 6.92 Å². The number of fused-ring (bicyclic) bond motifs is 1. The minimum Gasteiger partial charge on any atom is -0.273 e. The summed E-state index contributed by atoms with van der Waals surface area (Å²) in [7, 11) is -3.61. The van der Waals surface area contributed by atoms with E-state index in [1.54, 1.807) is 34.9 Å². The number of aryl methyl sites for hydroxylation is 1. The van der Waals surface area contributed by atoms with Gasteiger partial charge in [0.25, 0.3) is 0 Å². The Bertz CT molecular complexity index is 1550. The van der Waals surface area contributed by atoms with Gasteiger partial charge in [-0.05, 0) is 55.1 Å². The Morgan fingerprint density at radius 3 is 2.45 bits per heavy atom. The summed E-state index contributed by atoms with van der Waals surface area (Å²) in [6, 6.07) is 21.9. The van der Waals surface area contributed by atoms with Gasteiger partial charge in [0.2, 0.25) is 5.16 Å². The van der Waals surface area contributed by atoms with E-state index in [0.29, 0.717) is 16.0 Å². The lowest BCUT2D eigenvalue weighted by atomic mass is 10.2. The smallest absolute Gasteiger partial charge is 0.202 e. The SMILES string of the molecule is Cc1ccc(S(=O)(=O)Cc2nnc(Sc3nc4c(Cl)cccc4s3)n2-c2ccccc2)cc1. The zero-order valence-corrected chi connectivity index (χ0v) is 20.5. The first-order valence-electron chi connectivity index (χ1n) is 9.93. The summed E-state index contributed by atoms with van der Waals surface area (Å²) in [6.07, 6.45) is 0. The maximum Gasteiger partial charge on any atom is 0.202 e. The number of aromatic nitrogens is 4. The fourth-order valence-corrected chi connectivity index (χ4v) is 6.89. The van der Waals surface area contributed by atoms with Crippen LogP contribution in [0.15, 0.2) is 87.2 Å². The lowest BCUT2D eigenvalue weighted by Crippen LogP contribution is -2.11. The molecule has 166 valence electrons. The molecule has 0 radical (unpaired) electrons. The van der Waals surface area contributed by atoms with Gasteiger partial charge in [0.05, 0.1) is 14.6 Å². The first-order valence-corrected chi connectivity index (χ1v) is 13.6. The van der Waals surface area contributed by atoms with Gasteiger partial charge in [-0.15, -0.1) is 21.5 Å². The topological polar surface area (TPSA) is 77.7 Å². The van der Waals surface area contributed by atoms with E-state index in [4.69, 9.17) is 11.6 Å². The van der Waals surface area contributed by atoms with E-state index in [9.17, 15) is 8.42 Å². The second kappa shape index (κ2) is 8.90. The van der Waals surface area contributed by atoms with Gasteiger partial charge in [-0.2, -0.15) is 0 Å². The summed E-state index contributed by atoms with van der Waals surface area (Å²) in [5, 5.41) is 9.69. The first-order chi connectivity index (χ1) is 15.9. The molecule has 0 fully saturated rings. The molecule has 0 spiro atoms. The molecule has 0 aliphatic carbocycles. The second-order valence-electron chi connectivity index (χ2n) is 7.31. The Hall–Kier alpha value is -2.72. The Labute approximate surface area is 204 Å². The Morgan fingerprint density at radius 2 is 1.73 bits per heavy atom. The molecule has 33 heavy (non-hydrogen) atoms. The van der Waals surface area contributed by atoms with Gasteiger partial charge in [0, 0.05) is 5.69 Å². The minimum absolute atomic E-state index is 0.255. The van der Waals surface area contributed by atoms with Crippen LogP contribution in [0.1, 0.15) is 11.4 Å². The number of nitrogens with zero attached hydrogens (tertiary/aromatic N) is 4.